The third kappa shape index (κ3) is 3.66. The lowest BCUT2D eigenvalue weighted by atomic mass is 10.0. The predicted octanol–water partition coefficient (Wildman–Crippen LogP) is 2.52. The number of carbonyl (C=O) groups is 1. The van der Waals surface area contributed by atoms with Gasteiger partial charge in [-0.2, -0.15) is 0 Å². The van der Waals surface area contributed by atoms with E-state index in [1.54, 1.807) is 18.2 Å². The largest absolute Gasteiger partial charge is 0.481 e. The van der Waals surface area contributed by atoms with Gasteiger partial charge in [-0.25, -0.2) is 12.8 Å². The molecule has 2 rings (SSSR count). The van der Waals surface area contributed by atoms with Crippen molar-refractivity contribution in [1.82, 2.24) is 0 Å². The van der Waals surface area contributed by atoms with Gasteiger partial charge in [0.1, 0.15) is 5.82 Å². The maximum absolute atomic E-state index is 13.6. The Kier molecular flexibility index (Phi) is 4.09. The number of rotatable bonds is 4. The van der Waals surface area contributed by atoms with Crippen LogP contribution in [0.5, 0.6) is 0 Å². The van der Waals surface area contributed by atoms with Gasteiger partial charge in [-0.05, 0) is 29.3 Å². The topological polar surface area (TPSA) is 71.4 Å². The van der Waals surface area contributed by atoms with Crippen LogP contribution in [0.2, 0.25) is 0 Å². The Morgan fingerprint density at radius 2 is 1.86 bits per heavy atom. The Morgan fingerprint density at radius 1 is 1.19 bits per heavy atom. The molecule has 0 amide bonds. The maximum Gasteiger partial charge on any atom is 0.307 e. The van der Waals surface area contributed by atoms with Gasteiger partial charge in [-0.3, -0.25) is 4.79 Å². The summed E-state index contributed by atoms with van der Waals surface area (Å²) in [6.45, 7) is 0. The third-order valence-corrected chi connectivity index (χ3v) is 4.07. The van der Waals surface area contributed by atoms with Crippen LogP contribution in [0.15, 0.2) is 47.4 Å². The van der Waals surface area contributed by atoms with Crippen LogP contribution in [0.25, 0.3) is 11.1 Å². The number of sulfone groups is 1. The van der Waals surface area contributed by atoms with E-state index < -0.39 is 21.6 Å². The summed E-state index contributed by atoms with van der Waals surface area (Å²) in [6.07, 6.45) is 0.745. The monoisotopic (exact) mass is 308 g/mol. The zero-order valence-corrected chi connectivity index (χ0v) is 12.0. The van der Waals surface area contributed by atoms with Gasteiger partial charge < -0.3 is 5.11 Å². The van der Waals surface area contributed by atoms with E-state index in [-0.39, 0.29) is 16.9 Å². The van der Waals surface area contributed by atoms with Gasteiger partial charge in [0.05, 0.1) is 11.3 Å². The Balaban J connectivity index is 2.63. The molecule has 0 aromatic heterocycles. The second-order valence-corrected chi connectivity index (χ2v) is 6.67. The molecule has 4 nitrogen and oxygen atoms in total. The highest BCUT2D eigenvalue weighted by atomic mass is 32.2. The molecular weight excluding hydrogens is 295 g/mol. The van der Waals surface area contributed by atoms with Crippen LogP contribution in [-0.2, 0) is 21.1 Å². The number of halogens is 1. The zero-order chi connectivity index (χ0) is 15.6. The van der Waals surface area contributed by atoms with Gasteiger partial charge in [-0.1, -0.05) is 24.3 Å². The zero-order valence-electron chi connectivity index (χ0n) is 11.2. The fourth-order valence-corrected chi connectivity index (χ4v) is 3.02. The summed E-state index contributed by atoms with van der Waals surface area (Å²) in [5.41, 5.74) is 0.971. The molecule has 2 aromatic rings. The van der Waals surface area contributed by atoms with Gasteiger partial charge in [0, 0.05) is 11.8 Å². The van der Waals surface area contributed by atoms with Crippen LogP contribution in [-0.4, -0.2) is 25.7 Å². The van der Waals surface area contributed by atoms with Crippen molar-refractivity contribution < 1.29 is 22.7 Å². The summed E-state index contributed by atoms with van der Waals surface area (Å²) in [6, 6.07) is 10.0. The van der Waals surface area contributed by atoms with Crippen molar-refractivity contribution in [2.24, 2.45) is 0 Å². The molecule has 110 valence electrons. The summed E-state index contributed by atoms with van der Waals surface area (Å²) in [5.74, 6) is -1.69. The second-order valence-electron chi connectivity index (χ2n) is 4.69. The normalized spacial score (nSPS) is 11.3. The van der Waals surface area contributed by atoms with E-state index in [1.165, 1.54) is 18.2 Å². The van der Waals surface area contributed by atoms with E-state index in [9.17, 15) is 17.6 Å². The van der Waals surface area contributed by atoms with Crippen LogP contribution in [0.4, 0.5) is 4.39 Å². The Morgan fingerprint density at radius 3 is 2.48 bits per heavy atom. The quantitative estimate of drug-likeness (QED) is 0.942. The molecule has 0 radical (unpaired) electrons. The summed E-state index contributed by atoms with van der Waals surface area (Å²) in [5, 5.41) is 8.78. The van der Waals surface area contributed by atoms with Crippen LogP contribution in [0.3, 0.4) is 0 Å². The molecular formula is C15H13FO4S. The Bertz CT molecular complexity index is 797. The average Bonchev–Trinajstić information content (AvgIpc) is 2.36. The lowest BCUT2D eigenvalue weighted by molar-refractivity contribution is -0.136. The third-order valence-electron chi connectivity index (χ3n) is 2.91. The number of aliphatic carboxylic acids is 1. The highest BCUT2D eigenvalue weighted by Crippen LogP contribution is 2.28. The molecule has 1 N–H and O–H groups in total. The first-order chi connectivity index (χ1) is 9.77. The van der Waals surface area contributed by atoms with E-state index in [0.717, 1.165) is 12.3 Å². The van der Waals surface area contributed by atoms with Gasteiger partial charge >= 0.3 is 5.97 Å². The smallest absolute Gasteiger partial charge is 0.307 e. The molecule has 0 aliphatic carbocycles. The molecule has 0 aliphatic heterocycles. The number of carboxylic acids is 1. The van der Waals surface area contributed by atoms with E-state index in [2.05, 4.69) is 0 Å². The molecule has 0 fully saturated rings. The molecule has 21 heavy (non-hydrogen) atoms. The standard InChI is InChI=1S/C15H13FO4S/c1-21(19,20)14-5-3-2-4-13(14)11-6-10(8-15(17)18)7-12(16)9-11/h2-7,9H,8H2,1H3,(H,17,18). The minimum absolute atomic E-state index is 0.0804. The van der Waals surface area contributed by atoms with Crippen molar-refractivity contribution in [3.05, 3.63) is 53.8 Å². The molecule has 0 spiro atoms. The second kappa shape index (κ2) is 5.65. The van der Waals surface area contributed by atoms with E-state index in [4.69, 9.17) is 5.11 Å². The van der Waals surface area contributed by atoms with E-state index in [1.807, 2.05) is 0 Å². The first kappa shape index (κ1) is 15.2. The summed E-state index contributed by atoms with van der Waals surface area (Å²) in [4.78, 5) is 10.8. The van der Waals surface area contributed by atoms with E-state index >= 15 is 0 Å². The number of hydrogen-bond acceptors (Lipinski definition) is 3. The summed E-state index contributed by atoms with van der Waals surface area (Å²) in [7, 11) is -3.47. The lowest BCUT2D eigenvalue weighted by Gasteiger charge is -2.09. The molecule has 0 aliphatic rings. The molecule has 6 heteroatoms. The number of benzene rings is 2. The fourth-order valence-electron chi connectivity index (χ4n) is 2.11. The van der Waals surface area contributed by atoms with Crippen LogP contribution < -0.4 is 0 Å². The Labute approximate surface area is 121 Å². The molecule has 0 heterocycles. The first-order valence-corrected chi connectivity index (χ1v) is 7.97. The van der Waals surface area contributed by atoms with Crippen molar-refractivity contribution >= 4 is 15.8 Å². The van der Waals surface area contributed by atoms with Crippen LogP contribution >= 0.6 is 0 Å². The summed E-state index contributed by atoms with van der Waals surface area (Å²) >= 11 is 0. The molecule has 0 saturated heterocycles. The van der Waals surface area contributed by atoms with Gasteiger partial charge in [0.25, 0.3) is 0 Å². The van der Waals surface area contributed by atoms with Crippen LogP contribution in [0.1, 0.15) is 5.56 Å². The lowest BCUT2D eigenvalue weighted by Crippen LogP contribution is -2.02. The van der Waals surface area contributed by atoms with E-state index in [0.29, 0.717) is 11.1 Å². The van der Waals surface area contributed by atoms with Gasteiger partial charge in [0.2, 0.25) is 0 Å². The van der Waals surface area contributed by atoms with Gasteiger partial charge in [0.15, 0.2) is 9.84 Å². The molecule has 0 saturated carbocycles. The van der Waals surface area contributed by atoms with Crippen molar-refractivity contribution in [3.63, 3.8) is 0 Å². The summed E-state index contributed by atoms with van der Waals surface area (Å²) < 4.78 is 37.2. The molecule has 0 unspecified atom stereocenters. The van der Waals surface area contributed by atoms with Crippen molar-refractivity contribution in [2.45, 2.75) is 11.3 Å². The number of carboxylic acid groups (broad SMARTS) is 1. The highest BCUT2D eigenvalue weighted by molar-refractivity contribution is 7.90. The minimum atomic E-state index is -3.47. The van der Waals surface area contributed by atoms with Crippen molar-refractivity contribution in [3.8, 4) is 11.1 Å². The molecule has 0 atom stereocenters. The number of hydrogen-bond donors (Lipinski definition) is 1. The maximum atomic E-state index is 13.6. The molecule has 2 aromatic carbocycles. The van der Waals surface area contributed by atoms with Gasteiger partial charge in [-0.15, -0.1) is 0 Å². The van der Waals surface area contributed by atoms with Crippen LogP contribution in [0, 0.1) is 5.82 Å². The average molecular weight is 308 g/mol. The highest BCUT2D eigenvalue weighted by Gasteiger charge is 2.15. The Hall–Kier alpha value is -2.21. The fraction of sp³-hybridized carbons (Fsp3) is 0.133. The van der Waals surface area contributed by atoms with Crippen molar-refractivity contribution in [1.29, 1.82) is 0 Å². The van der Waals surface area contributed by atoms with Crippen molar-refractivity contribution in [2.75, 3.05) is 6.26 Å². The predicted molar refractivity (Wildman–Crippen MR) is 76.3 cm³/mol. The minimum Gasteiger partial charge on any atom is -0.481 e. The first-order valence-electron chi connectivity index (χ1n) is 6.08. The SMILES string of the molecule is CS(=O)(=O)c1ccccc1-c1cc(F)cc(CC(=O)O)c1. The molecule has 0 bridgehead atoms.